The van der Waals surface area contributed by atoms with Gasteiger partial charge in [0.1, 0.15) is 0 Å². The molecule has 28 heavy (non-hydrogen) atoms. The summed E-state index contributed by atoms with van der Waals surface area (Å²) in [6.45, 7) is 14.1. The highest BCUT2D eigenvalue weighted by Crippen LogP contribution is 2.18. The van der Waals surface area contributed by atoms with Crippen LogP contribution in [0.3, 0.4) is 0 Å². The van der Waals surface area contributed by atoms with Crippen LogP contribution in [-0.4, -0.2) is 5.91 Å². The van der Waals surface area contributed by atoms with Crippen LogP contribution in [0.1, 0.15) is 13.8 Å². The first kappa shape index (κ1) is 22.2. The summed E-state index contributed by atoms with van der Waals surface area (Å²) in [4.78, 5) is 11.5. The van der Waals surface area contributed by atoms with Gasteiger partial charge in [-0.25, -0.2) is 0 Å². The van der Waals surface area contributed by atoms with Gasteiger partial charge in [-0.05, 0) is 55.8 Å². The van der Waals surface area contributed by atoms with Gasteiger partial charge in [0.25, 0.3) is 5.91 Å². The summed E-state index contributed by atoms with van der Waals surface area (Å²) in [5.74, 6) is -0.163. The Morgan fingerprint density at radius 3 is 1.89 bits per heavy atom. The summed E-state index contributed by atoms with van der Waals surface area (Å²) in [6.07, 6.45) is 3.16. The van der Waals surface area contributed by atoms with Crippen LogP contribution in [0.4, 0.5) is 17.1 Å². The fourth-order valence-corrected chi connectivity index (χ4v) is 1.97. The maximum atomic E-state index is 11.5. The normalized spacial score (nSPS) is 10.2. The minimum atomic E-state index is -0.163. The number of nitrogens with one attached hydrogen (secondary N) is 2. The molecule has 0 saturated carbocycles. The molecule has 0 aliphatic carbocycles. The highest BCUT2D eigenvalue weighted by atomic mass is 16.1. The number of benzene rings is 2. The van der Waals surface area contributed by atoms with Crippen LogP contribution in [0.15, 0.2) is 103 Å². The second-order valence-corrected chi connectivity index (χ2v) is 5.92. The third-order valence-corrected chi connectivity index (χ3v) is 3.65. The molecule has 4 nitrogen and oxygen atoms in total. The molecule has 0 saturated heterocycles. The highest BCUT2D eigenvalue weighted by molar-refractivity contribution is 6.02. The van der Waals surface area contributed by atoms with E-state index in [1.165, 1.54) is 6.08 Å². The van der Waals surface area contributed by atoms with Crippen molar-refractivity contribution >= 4 is 23.0 Å². The second kappa shape index (κ2) is 11.7. The van der Waals surface area contributed by atoms with E-state index in [2.05, 4.69) is 30.4 Å². The van der Waals surface area contributed by atoms with Crippen LogP contribution in [0.2, 0.25) is 0 Å². The van der Waals surface area contributed by atoms with Crippen molar-refractivity contribution in [2.75, 3.05) is 10.6 Å². The summed E-state index contributed by atoms with van der Waals surface area (Å²) in [7, 11) is 0. The van der Waals surface area contributed by atoms with Crippen LogP contribution in [0, 0.1) is 11.3 Å². The summed E-state index contributed by atoms with van der Waals surface area (Å²) < 4.78 is 0. The van der Waals surface area contributed by atoms with Crippen LogP contribution < -0.4 is 10.6 Å². The number of carbonyl (C=O) groups is 1. The molecule has 0 heterocycles. The van der Waals surface area contributed by atoms with Gasteiger partial charge in [-0.3, -0.25) is 4.79 Å². The molecule has 2 N–H and O–H groups in total. The summed E-state index contributed by atoms with van der Waals surface area (Å²) in [5.41, 5.74) is 4.70. The summed E-state index contributed by atoms with van der Waals surface area (Å²) in [5, 5.41) is 14.4. The monoisotopic (exact) mass is 371 g/mol. The van der Waals surface area contributed by atoms with Gasteiger partial charge in [0.2, 0.25) is 0 Å². The van der Waals surface area contributed by atoms with Gasteiger partial charge in [0, 0.05) is 22.6 Å². The van der Waals surface area contributed by atoms with Gasteiger partial charge in [-0.1, -0.05) is 50.1 Å². The molecule has 0 aromatic heterocycles. The molecule has 2 aromatic rings. The fourth-order valence-electron chi connectivity index (χ4n) is 1.97. The van der Waals surface area contributed by atoms with Crippen LogP contribution in [0.25, 0.3) is 0 Å². The lowest BCUT2D eigenvalue weighted by molar-refractivity contribution is -0.112. The summed E-state index contributed by atoms with van der Waals surface area (Å²) >= 11 is 0. The van der Waals surface area contributed by atoms with Gasteiger partial charge in [0.05, 0.1) is 11.6 Å². The van der Waals surface area contributed by atoms with E-state index in [1.54, 1.807) is 13.0 Å². The molecule has 0 atom stereocenters. The molecule has 0 spiro atoms. The minimum absolute atomic E-state index is 0.163. The van der Waals surface area contributed by atoms with Crippen molar-refractivity contribution in [2.24, 2.45) is 0 Å². The number of hydrogen-bond donors (Lipinski definition) is 2. The number of anilines is 3. The molecule has 0 fully saturated rings. The first-order valence-electron chi connectivity index (χ1n) is 8.66. The van der Waals surface area contributed by atoms with E-state index < -0.39 is 0 Å². The number of rotatable bonds is 6. The van der Waals surface area contributed by atoms with E-state index in [0.717, 1.165) is 22.6 Å². The third-order valence-electron chi connectivity index (χ3n) is 3.65. The number of para-hydroxylation sites is 1. The van der Waals surface area contributed by atoms with Crippen LogP contribution >= 0.6 is 0 Å². The van der Waals surface area contributed by atoms with Crippen LogP contribution in [0.5, 0.6) is 0 Å². The first-order valence-corrected chi connectivity index (χ1v) is 8.66. The largest absolute Gasteiger partial charge is 0.356 e. The van der Waals surface area contributed by atoms with E-state index in [9.17, 15) is 4.79 Å². The van der Waals surface area contributed by atoms with Gasteiger partial charge in [-0.15, -0.1) is 0 Å². The van der Waals surface area contributed by atoms with Crippen molar-refractivity contribution in [3.8, 4) is 6.07 Å². The zero-order valence-corrected chi connectivity index (χ0v) is 16.3. The van der Waals surface area contributed by atoms with Crippen molar-refractivity contribution < 1.29 is 4.79 Å². The van der Waals surface area contributed by atoms with E-state index in [4.69, 9.17) is 5.26 Å². The Morgan fingerprint density at radius 1 is 0.929 bits per heavy atom. The Kier molecular flexibility index (Phi) is 9.29. The van der Waals surface area contributed by atoms with Crippen molar-refractivity contribution in [1.29, 1.82) is 5.26 Å². The Labute approximate surface area is 167 Å². The van der Waals surface area contributed by atoms with Gasteiger partial charge >= 0.3 is 0 Å². The van der Waals surface area contributed by atoms with E-state index in [0.29, 0.717) is 11.1 Å². The Morgan fingerprint density at radius 2 is 1.46 bits per heavy atom. The van der Waals surface area contributed by atoms with Crippen molar-refractivity contribution in [1.82, 2.24) is 0 Å². The number of amides is 1. The average molecular weight is 371 g/mol. The van der Waals surface area contributed by atoms with Crippen molar-refractivity contribution in [2.45, 2.75) is 13.8 Å². The lowest BCUT2D eigenvalue weighted by atomic mass is 10.1. The quantitative estimate of drug-likeness (QED) is 0.364. The second-order valence-electron chi connectivity index (χ2n) is 5.92. The molecule has 0 aliphatic rings. The minimum Gasteiger partial charge on any atom is -0.356 e. The van der Waals surface area contributed by atoms with Gasteiger partial charge in [-0.2, -0.15) is 5.26 Å². The van der Waals surface area contributed by atoms with Gasteiger partial charge in [0.15, 0.2) is 0 Å². The first-order chi connectivity index (χ1) is 13.4. The molecule has 142 valence electrons. The smallest absolute Gasteiger partial charge is 0.250 e. The molecule has 0 bridgehead atoms. The topological polar surface area (TPSA) is 64.9 Å². The molecular weight excluding hydrogens is 346 g/mol. The lowest BCUT2D eigenvalue weighted by Gasteiger charge is -2.08. The molecule has 2 rings (SSSR count). The SMILES string of the molecule is C=C(C)C(=O)Nc1ccc(Nc2ccccc2)cc1.C=CC(C)=C(C#N)C=C. The molecule has 2 aromatic carbocycles. The molecular formula is C24H25N3O. The Bertz CT molecular complexity index is 901. The number of nitriles is 1. The standard InChI is InChI=1S/C16H16N2O.C8H9N/c1-12(2)16(19)18-15-10-8-14(9-11-15)17-13-6-4-3-5-7-13;1-4-7(3)8(5-2)6-9/h3-11,17H,1H2,2H3,(H,18,19);4-5H,1-2H2,3H3. The Hall–Kier alpha value is -3.84. The summed E-state index contributed by atoms with van der Waals surface area (Å²) in [6, 6.07) is 19.5. The van der Waals surface area contributed by atoms with Crippen LogP contribution in [-0.2, 0) is 4.79 Å². The molecule has 0 radical (unpaired) electrons. The van der Waals surface area contributed by atoms with E-state index >= 15 is 0 Å². The van der Waals surface area contributed by atoms with Gasteiger partial charge < -0.3 is 10.6 Å². The molecule has 4 heteroatoms. The number of nitrogens with zero attached hydrogens (tertiary/aromatic N) is 1. The number of carbonyl (C=O) groups excluding carboxylic acids is 1. The molecule has 0 aliphatic heterocycles. The van der Waals surface area contributed by atoms with E-state index in [1.807, 2.05) is 67.6 Å². The molecule has 1 amide bonds. The Balaban J connectivity index is 0.000000370. The zero-order valence-electron chi connectivity index (χ0n) is 16.3. The predicted octanol–water partition coefficient (Wildman–Crippen LogP) is 6.14. The van der Waals surface area contributed by atoms with Crippen molar-refractivity contribution in [3.63, 3.8) is 0 Å². The van der Waals surface area contributed by atoms with E-state index in [-0.39, 0.29) is 5.91 Å². The van der Waals surface area contributed by atoms with Crippen molar-refractivity contribution in [3.05, 3.63) is 103 Å². The highest BCUT2D eigenvalue weighted by Gasteiger charge is 2.02. The fraction of sp³-hybridized carbons (Fsp3) is 0.0833. The molecule has 0 unspecified atom stereocenters. The maximum absolute atomic E-state index is 11.5. The third kappa shape index (κ3) is 7.59. The lowest BCUT2D eigenvalue weighted by Crippen LogP contribution is -2.11. The average Bonchev–Trinajstić information content (AvgIpc) is 2.71. The predicted molar refractivity (Wildman–Crippen MR) is 118 cm³/mol. The maximum Gasteiger partial charge on any atom is 0.250 e. The number of hydrogen-bond acceptors (Lipinski definition) is 3. The number of allylic oxidation sites excluding steroid dienone is 4. The zero-order chi connectivity index (χ0) is 20.9.